The fourth-order valence-corrected chi connectivity index (χ4v) is 2.60. The van der Waals surface area contributed by atoms with Crippen LogP contribution in [0.2, 0.25) is 0 Å². The molecule has 0 amide bonds. The second-order valence-corrected chi connectivity index (χ2v) is 5.15. The van der Waals surface area contributed by atoms with E-state index in [0.29, 0.717) is 0 Å². The maximum atomic E-state index is 10.8. The van der Waals surface area contributed by atoms with E-state index < -0.39 is 0 Å². The van der Waals surface area contributed by atoms with Gasteiger partial charge in [0.25, 0.3) is 5.69 Å². The topological polar surface area (TPSA) is 75.4 Å². The van der Waals surface area contributed by atoms with E-state index in [1.807, 2.05) is 12.1 Å². The molecular formula is C15H20N2O3. The third-order valence-electron chi connectivity index (χ3n) is 3.71. The minimum absolute atomic E-state index is 0.0852. The Hall–Kier alpha value is -1.72. The number of benzene rings is 1. The van der Waals surface area contributed by atoms with Crippen LogP contribution in [-0.4, -0.2) is 22.7 Å². The van der Waals surface area contributed by atoms with Crippen molar-refractivity contribution in [2.24, 2.45) is 5.92 Å². The molecule has 0 saturated heterocycles. The molecule has 0 heterocycles. The van der Waals surface area contributed by atoms with Crippen molar-refractivity contribution in [3.8, 4) is 0 Å². The number of nitro groups is 1. The molecule has 1 aromatic carbocycles. The Balaban J connectivity index is 2.07. The zero-order valence-corrected chi connectivity index (χ0v) is 11.5. The summed E-state index contributed by atoms with van der Waals surface area (Å²) in [5, 5.41) is 23.5. The Morgan fingerprint density at radius 3 is 2.90 bits per heavy atom. The molecule has 108 valence electrons. The highest BCUT2D eigenvalue weighted by molar-refractivity contribution is 5.36. The summed E-state index contributed by atoms with van der Waals surface area (Å²) in [6.45, 7) is 2.22. The molecule has 1 aliphatic carbocycles. The molecule has 0 saturated carbocycles. The lowest BCUT2D eigenvalue weighted by molar-refractivity contribution is -0.384. The number of rotatable bonds is 6. The first-order chi connectivity index (χ1) is 9.63. The van der Waals surface area contributed by atoms with E-state index in [-0.39, 0.29) is 35.2 Å². The van der Waals surface area contributed by atoms with Gasteiger partial charge < -0.3 is 10.4 Å². The normalized spacial score (nSPS) is 22.9. The highest BCUT2D eigenvalue weighted by Gasteiger charge is 2.21. The van der Waals surface area contributed by atoms with Crippen LogP contribution in [-0.2, 0) is 0 Å². The van der Waals surface area contributed by atoms with Crippen molar-refractivity contribution in [3.63, 3.8) is 0 Å². The smallest absolute Gasteiger partial charge is 0.269 e. The van der Waals surface area contributed by atoms with E-state index in [4.69, 9.17) is 5.11 Å². The number of hydrogen-bond acceptors (Lipinski definition) is 4. The number of nitrogens with one attached hydrogen (secondary N) is 1. The zero-order valence-electron chi connectivity index (χ0n) is 11.5. The first-order valence-corrected chi connectivity index (χ1v) is 6.93. The fourth-order valence-electron chi connectivity index (χ4n) is 2.60. The lowest BCUT2D eigenvalue weighted by atomic mass is 10.0. The molecular weight excluding hydrogens is 256 g/mol. The summed E-state index contributed by atoms with van der Waals surface area (Å²) in [5.74, 6) is 0.218. The van der Waals surface area contributed by atoms with Crippen molar-refractivity contribution >= 4 is 5.69 Å². The third kappa shape index (κ3) is 3.43. The van der Waals surface area contributed by atoms with Gasteiger partial charge in [-0.1, -0.05) is 31.2 Å². The fraction of sp³-hybridized carbons (Fsp3) is 0.467. The maximum absolute atomic E-state index is 10.8. The number of hydrogen-bond donors (Lipinski definition) is 2. The number of nitrogens with zero attached hydrogens (tertiary/aromatic N) is 1. The lowest BCUT2D eigenvalue weighted by Crippen LogP contribution is -2.30. The molecule has 20 heavy (non-hydrogen) atoms. The zero-order chi connectivity index (χ0) is 14.5. The van der Waals surface area contributed by atoms with E-state index in [0.717, 1.165) is 18.4 Å². The Morgan fingerprint density at radius 1 is 1.50 bits per heavy atom. The molecule has 0 spiro atoms. The number of nitro benzene ring substituents is 1. The van der Waals surface area contributed by atoms with Crippen molar-refractivity contribution in [2.75, 3.05) is 6.61 Å². The third-order valence-corrected chi connectivity index (χ3v) is 3.71. The molecule has 1 aliphatic rings. The van der Waals surface area contributed by atoms with Crippen LogP contribution < -0.4 is 5.32 Å². The molecule has 0 bridgehead atoms. The molecule has 0 aliphatic heterocycles. The SMILES string of the molecule is CCC(N[C@@H]1C=C[C@H](CO)C1)c1cccc([N+](=O)[O-])c1. The quantitative estimate of drug-likeness (QED) is 0.475. The minimum atomic E-state index is -0.368. The van der Waals surface area contributed by atoms with Crippen LogP contribution in [0.5, 0.6) is 0 Å². The molecule has 3 atom stereocenters. The highest BCUT2D eigenvalue weighted by Crippen LogP contribution is 2.25. The van der Waals surface area contributed by atoms with Gasteiger partial charge in [-0.15, -0.1) is 0 Å². The van der Waals surface area contributed by atoms with Crippen LogP contribution in [0.15, 0.2) is 36.4 Å². The van der Waals surface area contributed by atoms with Gasteiger partial charge in [-0.2, -0.15) is 0 Å². The van der Waals surface area contributed by atoms with Crippen LogP contribution in [0.25, 0.3) is 0 Å². The first-order valence-electron chi connectivity index (χ1n) is 6.93. The van der Waals surface area contributed by atoms with E-state index in [9.17, 15) is 10.1 Å². The van der Waals surface area contributed by atoms with E-state index >= 15 is 0 Å². The minimum Gasteiger partial charge on any atom is -0.396 e. The Labute approximate surface area is 118 Å². The Bertz CT molecular complexity index is 502. The van der Waals surface area contributed by atoms with E-state index in [1.165, 1.54) is 6.07 Å². The second-order valence-electron chi connectivity index (χ2n) is 5.15. The number of aliphatic hydroxyl groups is 1. The average Bonchev–Trinajstić information content (AvgIpc) is 2.92. The van der Waals surface area contributed by atoms with E-state index in [2.05, 4.69) is 18.3 Å². The monoisotopic (exact) mass is 276 g/mol. The highest BCUT2D eigenvalue weighted by atomic mass is 16.6. The number of non-ortho nitro benzene ring substituents is 1. The summed E-state index contributed by atoms with van der Waals surface area (Å²) in [7, 11) is 0. The largest absolute Gasteiger partial charge is 0.396 e. The standard InChI is InChI=1S/C15H20N2O3/c1-2-15(16-13-7-6-11(8-13)10-18)12-4-3-5-14(9-12)17(19)20/h3-7,9,11,13,15-16,18H,2,8,10H2,1H3/t11-,13+,15?/m0/s1. The predicted octanol–water partition coefficient (Wildman–Crippen LogP) is 2.57. The number of aliphatic hydroxyl groups excluding tert-OH is 1. The summed E-state index contributed by atoms with van der Waals surface area (Å²) in [6, 6.07) is 7.07. The van der Waals surface area contributed by atoms with Gasteiger partial charge in [0.05, 0.1) is 4.92 Å². The molecule has 5 nitrogen and oxygen atoms in total. The predicted molar refractivity (Wildman–Crippen MR) is 77.4 cm³/mol. The second kappa shape index (κ2) is 6.63. The van der Waals surface area contributed by atoms with Crippen LogP contribution in [0.4, 0.5) is 5.69 Å². The first kappa shape index (κ1) is 14.7. The summed E-state index contributed by atoms with van der Waals surface area (Å²) in [4.78, 5) is 10.5. The van der Waals surface area contributed by atoms with Gasteiger partial charge in [0.1, 0.15) is 0 Å². The van der Waals surface area contributed by atoms with Gasteiger partial charge in [-0.3, -0.25) is 10.1 Å². The molecule has 2 N–H and O–H groups in total. The van der Waals surface area contributed by atoms with Crippen LogP contribution in [0, 0.1) is 16.0 Å². The molecule has 0 fully saturated rings. The van der Waals surface area contributed by atoms with Gasteiger partial charge in [-0.05, 0) is 18.4 Å². The lowest BCUT2D eigenvalue weighted by Gasteiger charge is -2.22. The summed E-state index contributed by atoms with van der Waals surface area (Å²) >= 11 is 0. The van der Waals surface area contributed by atoms with Crippen molar-refractivity contribution in [3.05, 3.63) is 52.1 Å². The van der Waals surface area contributed by atoms with E-state index in [1.54, 1.807) is 12.1 Å². The molecule has 1 unspecified atom stereocenters. The molecule has 0 aromatic heterocycles. The van der Waals surface area contributed by atoms with Crippen LogP contribution >= 0.6 is 0 Å². The van der Waals surface area contributed by atoms with Gasteiger partial charge in [-0.25, -0.2) is 0 Å². The van der Waals surface area contributed by atoms with Crippen molar-refractivity contribution in [1.82, 2.24) is 5.32 Å². The van der Waals surface area contributed by atoms with Gasteiger partial charge >= 0.3 is 0 Å². The van der Waals surface area contributed by atoms with Gasteiger partial charge in [0.2, 0.25) is 0 Å². The van der Waals surface area contributed by atoms with Gasteiger partial charge in [0, 0.05) is 36.7 Å². The van der Waals surface area contributed by atoms with Crippen molar-refractivity contribution in [2.45, 2.75) is 31.8 Å². The molecule has 5 heteroatoms. The van der Waals surface area contributed by atoms with Gasteiger partial charge in [0.15, 0.2) is 0 Å². The Morgan fingerprint density at radius 2 is 2.30 bits per heavy atom. The van der Waals surface area contributed by atoms with Crippen LogP contribution in [0.3, 0.4) is 0 Å². The Kier molecular flexibility index (Phi) is 4.87. The average molecular weight is 276 g/mol. The summed E-state index contributed by atoms with van der Waals surface area (Å²) in [5.41, 5.74) is 1.06. The van der Waals surface area contributed by atoms with Crippen LogP contribution in [0.1, 0.15) is 31.4 Å². The van der Waals surface area contributed by atoms with Crippen molar-refractivity contribution < 1.29 is 10.0 Å². The molecule has 2 rings (SSSR count). The molecule has 0 radical (unpaired) electrons. The summed E-state index contributed by atoms with van der Waals surface area (Å²) < 4.78 is 0. The summed E-state index contributed by atoms with van der Waals surface area (Å²) in [6.07, 6.45) is 5.83. The van der Waals surface area contributed by atoms with Crippen molar-refractivity contribution in [1.29, 1.82) is 0 Å². The molecule has 1 aromatic rings. The maximum Gasteiger partial charge on any atom is 0.269 e.